The summed E-state index contributed by atoms with van der Waals surface area (Å²) < 4.78 is 5.04. The Kier molecular flexibility index (Phi) is 1.49. The lowest BCUT2D eigenvalue weighted by Gasteiger charge is -2.13. The van der Waals surface area contributed by atoms with Gasteiger partial charge in [0.2, 0.25) is 0 Å². The summed E-state index contributed by atoms with van der Waals surface area (Å²) in [6, 6.07) is 0.139. The largest absolute Gasteiger partial charge is 0.371 e. The van der Waals surface area contributed by atoms with Gasteiger partial charge in [0.25, 0.3) is 0 Å². The van der Waals surface area contributed by atoms with Gasteiger partial charge in [-0.1, -0.05) is 0 Å². The van der Waals surface area contributed by atoms with Crippen molar-refractivity contribution in [3.63, 3.8) is 0 Å². The predicted molar refractivity (Wildman–Crippen MR) is 39.3 cm³/mol. The number of nitrogens with zero attached hydrogens (tertiary/aromatic N) is 2. The summed E-state index contributed by atoms with van der Waals surface area (Å²) in [5.74, 6) is 0. The Morgan fingerprint density at radius 1 is 1.64 bits per heavy atom. The van der Waals surface area contributed by atoms with Gasteiger partial charge in [-0.15, -0.1) is 0 Å². The fourth-order valence-corrected chi connectivity index (χ4v) is 1.29. The van der Waals surface area contributed by atoms with Gasteiger partial charge in [-0.25, -0.2) is 4.79 Å². The second-order valence-electron chi connectivity index (χ2n) is 3.11. The third-order valence-corrected chi connectivity index (χ3v) is 2.13. The van der Waals surface area contributed by atoms with E-state index in [1.807, 2.05) is 11.9 Å². The average Bonchev–Trinajstić information content (AvgIpc) is 2.74. The number of rotatable bonds is 2. The summed E-state index contributed by atoms with van der Waals surface area (Å²) in [5, 5.41) is 0. The van der Waals surface area contributed by atoms with E-state index in [1.165, 1.54) is 0 Å². The number of amides is 2. The third kappa shape index (κ3) is 1.30. The van der Waals surface area contributed by atoms with Crippen molar-refractivity contribution < 1.29 is 9.53 Å². The van der Waals surface area contributed by atoms with Crippen LogP contribution in [0.2, 0.25) is 0 Å². The minimum Gasteiger partial charge on any atom is -0.371 e. The molecule has 2 rings (SSSR count). The number of likely N-dealkylation sites (N-methyl/N-ethyl adjacent to an activating group) is 1. The van der Waals surface area contributed by atoms with Crippen molar-refractivity contribution >= 4 is 6.03 Å². The van der Waals surface area contributed by atoms with Gasteiger partial charge in [0.1, 0.15) is 0 Å². The number of carbonyl (C=O) groups is 1. The first-order valence-electron chi connectivity index (χ1n) is 3.89. The molecule has 2 fully saturated rings. The summed E-state index contributed by atoms with van der Waals surface area (Å²) in [5.41, 5.74) is 0. The van der Waals surface area contributed by atoms with E-state index >= 15 is 0 Å². The van der Waals surface area contributed by atoms with Crippen molar-refractivity contribution in [2.75, 3.05) is 33.3 Å². The zero-order valence-electron chi connectivity index (χ0n) is 6.62. The third-order valence-electron chi connectivity index (χ3n) is 2.13. The SMILES string of the molecule is CN1CCN(CC2CO2)C1=O. The van der Waals surface area contributed by atoms with Crippen LogP contribution >= 0.6 is 0 Å². The second kappa shape index (κ2) is 2.37. The molecule has 2 heterocycles. The van der Waals surface area contributed by atoms with Gasteiger partial charge in [-0.05, 0) is 0 Å². The highest BCUT2D eigenvalue weighted by Gasteiger charge is 2.32. The molecule has 0 aliphatic carbocycles. The number of carbonyl (C=O) groups excluding carboxylic acids is 1. The molecule has 0 saturated carbocycles. The van der Waals surface area contributed by atoms with Gasteiger partial charge >= 0.3 is 6.03 Å². The summed E-state index contributed by atoms with van der Waals surface area (Å²) >= 11 is 0. The van der Waals surface area contributed by atoms with Crippen LogP contribution in [-0.4, -0.2) is 55.2 Å². The van der Waals surface area contributed by atoms with E-state index in [2.05, 4.69) is 0 Å². The Morgan fingerprint density at radius 2 is 2.36 bits per heavy atom. The second-order valence-corrected chi connectivity index (χ2v) is 3.11. The first-order chi connectivity index (χ1) is 5.27. The first kappa shape index (κ1) is 6.91. The molecule has 4 nitrogen and oxygen atoms in total. The van der Waals surface area contributed by atoms with Gasteiger partial charge in [0, 0.05) is 20.1 Å². The van der Waals surface area contributed by atoms with Crippen LogP contribution in [-0.2, 0) is 4.74 Å². The van der Waals surface area contributed by atoms with Crippen molar-refractivity contribution in [1.29, 1.82) is 0 Å². The summed E-state index contributed by atoms with van der Waals surface area (Å²) in [7, 11) is 1.83. The molecule has 11 heavy (non-hydrogen) atoms. The smallest absolute Gasteiger partial charge is 0.319 e. The normalized spacial score (nSPS) is 29.9. The van der Waals surface area contributed by atoms with Crippen molar-refractivity contribution in [3.8, 4) is 0 Å². The Balaban J connectivity index is 1.88. The summed E-state index contributed by atoms with van der Waals surface area (Å²) in [4.78, 5) is 14.8. The molecule has 0 aromatic carbocycles. The van der Waals surface area contributed by atoms with Gasteiger partial charge in [-0.2, -0.15) is 0 Å². The van der Waals surface area contributed by atoms with Crippen molar-refractivity contribution in [2.24, 2.45) is 0 Å². The van der Waals surface area contributed by atoms with Crippen LogP contribution in [0.4, 0.5) is 4.79 Å². The molecule has 0 aromatic heterocycles. The van der Waals surface area contributed by atoms with Crippen LogP contribution in [0.15, 0.2) is 0 Å². The monoisotopic (exact) mass is 156 g/mol. The molecule has 2 aliphatic rings. The molecular formula is C7H12N2O2. The molecule has 0 spiro atoms. The molecule has 1 atom stereocenters. The van der Waals surface area contributed by atoms with Crippen LogP contribution in [0.1, 0.15) is 0 Å². The van der Waals surface area contributed by atoms with E-state index in [4.69, 9.17) is 4.74 Å². The molecule has 0 aromatic rings. The van der Waals surface area contributed by atoms with Crippen LogP contribution in [0.3, 0.4) is 0 Å². The molecule has 1 unspecified atom stereocenters. The standard InChI is InChI=1S/C7H12N2O2/c1-8-2-3-9(7(8)10)4-6-5-11-6/h6H,2-5H2,1H3. The lowest BCUT2D eigenvalue weighted by molar-refractivity contribution is 0.194. The van der Waals surface area contributed by atoms with Crippen LogP contribution in [0.5, 0.6) is 0 Å². The highest BCUT2D eigenvalue weighted by molar-refractivity contribution is 5.76. The highest BCUT2D eigenvalue weighted by Crippen LogP contribution is 2.14. The molecule has 2 amide bonds. The zero-order valence-corrected chi connectivity index (χ0v) is 6.62. The van der Waals surface area contributed by atoms with Gasteiger partial charge in [-0.3, -0.25) is 0 Å². The molecule has 62 valence electrons. The van der Waals surface area contributed by atoms with E-state index < -0.39 is 0 Å². The predicted octanol–water partition coefficient (Wildman–Crippen LogP) is -0.247. The Hall–Kier alpha value is -0.770. The van der Waals surface area contributed by atoms with E-state index in [-0.39, 0.29) is 6.03 Å². The van der Waals surface area contributed by atoms with Crippen LogP contribution in [0.25, 0.3) is 0 Å². The maximum atomic E-state index is 11.3. The minimum absolute atomic E-state index is 0.139. The molecule has 2 aliphatic heterocycles. The molecular weight excluding hydrogens is 144 g/mol. The number of epoxide rings is 1. The summed E-state index contributed by atoms with van der Waals surface area (Å²) in [6.45, 7) is 3.32. The molecule has 2 saturated heterocycles. The molecule has 0 N–H and O–H groups in total. The lowest BCUT2D eigenvalue weighted by Crippen LogP contribution is -2.32. The first-order valence-corrected chi connectivity index (χ1v) is 3.89. The van der Waals surface area contributed by atoms with Crippen molar-refractivity contribution in [1.82, 2.24) is 9.80 Å². The highest BCUT2D eigenvalue weighted by atomic mass is 16.6. The number of hydrogen-bond donors (Lipinski definition) is 0. The van der Waals surface area contributed by atoms with E-state index in [0.717, 1.165) is 26.2 Å². The number of ether oxygens (including phenoxy) is 1. The lowest BCUT2D eigenvalue weighted by atomic mass is 10.4. The zero-order chi connectivity index (χ0) is 7.84. The maximum Gasteiger partial charge on any atom is 0.319 e. The van der Waals surface area contributed by atoms with E-state index in [1.54, 1.807) is 4.90 Å². The summed E-state index contributed by atoms with van der Waals surface area (Å²) in [6.07, 6.45) is 0.324. The Morgan fingerprint density at radius 3 is 2.82 bits per heavy atom. The fourth-order valence-electron chi connectivity index (χ4n) is 1.29. The van der Waals surface area contributed by atoms with Crippen molar-refractivity contribution in [3.05, 3.63) is 0 Å². The average molecular weight is 156 g/mol. The van der Waals surface area contributed by atoms with Crippen molar-refractivity contribution in [2.45, 2.75) is 6.10 Å². The molecule has 0 bridgehead atoms. The fraction of sp³-hybridized carbons (Fsp3) is 0.857. The minimum atomic E-state index is 0.139. The Bertz CT molecular complexity index is 179. The van der Waals surface area contributed by atoms with Gasteiger partial charge in [0.05, 0.1) is 19.3 Å². The quantitative estimate of drug-likeness (QED) is 0.517. The maximum absolute atomic E-state index is 11.3. The van der Waals surface area contributed by atoms with E-state index in [0.29, 0.717) is 6.10 Å². The van der Waals surface area contributed by atoms with Gasteiger partial charge < -0.3 is 14.5 Å². The van der Waals surface area contributed by atoms with Crippen LogP contribution in [0, 0.1) is 0 Å². The topological polar surface area (TPSA) is 36.1 Å². The molecule has 4 heteroatoms. The number of urea groups is 1. The number of hydrogen-bond acceptors (Lipinski definition) is 2. The van der Waals surface area contributed by atoms with Gasteiger partial charge in [0.15, 0.2) is 0 Å². The van der Waals surface area contributed by atoms with E-state index in [9.17, 15) is 4.79 Å². The molecule has 0 radical (unpaired) electrons. The Labute approximate surface area is 65.7 Å². The van der Waals surface area contributed by atoms with Crippen LogP contribution < -0.4 is 0 Å².